The van der Waals surface area contributed by atoms with Crippen molar-refractivity contribution in [1.82, 2.24) is 0 Å². The van der Waals surface area contributed by atoms with Crippen LogP contribution in [0.2, 0.25) is 0 Å². The number of hydrogen-bond donors (Lipinski definition) is 0. The highest BCUT2D eigenvalue weighted by Crippen LogP contribution is 2.23. The zero-order valence-corrected chi connectivity index (χ0v) is 14.3. The lowest BCUT2D eigenvalue weighted by molar-refractivity contribution is -0.134. The highest BCUT2D eigenvalue weighted by Gasteiger charge is 2.13. The number of allylic oxidation sites excluding steroid dienone is 3. The van der Waals surface area contributed by atoms with Crippen molar-refractivity contribution in [1.29, 1.82) is 0 Å². The Morgan fingerprint density at radius 1 is 1.35 bits per heavy atom. The van der Waals surface area contributed by atoms with Gasteiger partial charge in [-0.1, -0.05) is 31.9 Å². The fourth-order valence-corrected chi connectivity index (χ4v) is 2.09. The van der Waals surface area contributed by atoms with Crippen LogP contribution in [0.25, 0.3) is 0 Å². The summed E-state index contributed by atoms with van der Waals surface area (Å²) in [5.41, 5.74) is 0.924. The van der Waals surface area contributed by atoms with E-state index >= 15 is 0 Å². The summed E-state index contributed by atoms with van der Waals surface area (Å²) in [5, 5.41) is 0. The summed E-state index contributed by atoms with van der Waals surface area (Å²) in [6.07, 6.45) is 11.3. The molecule has 0 aromatic rings. The molecule has 0 rings (SSSR count). The smallest absolute Gasteiger partial charge is 0.330 e. The average molecular weight is 301 g/mol. The summed E-state index contributed by atoms with van der Waals surface area (Å²) < 4.78 is 4.58. The molecule has 116 valence electrons. The maximum absolute atomic E-state index is 11.0. The summed E-state index contributed by atoms with van der Waals surface area (Å²) in [7, 11) is 1.39. The predicted molar refractivity (Wildman–Crippen MR) is 87.1 cm³/mol. The van der Waals surface area contributed by atoms with Crippen LogP contribution >= 0.6 is 11.6 Å². The molecule has 0 radical (unpaired) electrons. The molecule has 1 atom stereocenters. The van der Waals surface area contributed by atoms with Gasteiger partial charge in [-0.05, 0) is 51.5 Å². The lowest BCUT2D eigenvalue weighted by Crippen LogP contribution is -2.10. The van der Waals surface area contributed by atoms with Gasteiger partial charge in [0.2, 0.25) is 0 Å². The van der Waals surface area contributed by atoms with E-state index in [-0.39, 0.29) is 10.8 Å². The largest absolute Gasteiger partial charge is 0.466 e. The van der Waals surface area contributed by atoms with Crippen LogP contribution in [0.4, 0.5) is 0 Å². The maximum atomic E-state index is 11.0. The lowest BCUT2D eigenvalue weighted by atomic mass is 9.95. The van der Waals surface area contributed by atoms with Gasteiger partial charge in [-0.15, -0.1) is 11.6 Å². The van der Waals surface area contributed by atoms with Gasteiger partial charge in [0.25, 0.3) is 0 Å². The number of esters is 1. The van der Waals surface area contributed by atoms with Gasteiger partial charge < -0.3 is 4.74 Å². The first-order valence-corrected chi connectivity index (χ1v) is 7.74. The molecule has 0 aliphatic heterocycles. The highest BCUT2D eigenvalue weighted by atomic mass is 35.5. The molecule has 1 unspecified atom stereocenters. The Balaban J connectivity index is 3.83. The standard InChI is InChI=1S/C17H29ClO2/c1-14(11-8-12-17(3,4)18)9-6-7-10-15(2)13-16(19)20-5/h7,10,13-14H,6,8-9,11-12H2,1-5H3/b10-7+,15-13+. The number of methoxy groups -OCH3 is 1. The van der Waals surface area contributed by atoms with Crippen LogP contribution in [0, 0.1) is 5.92 Å². The van der Waals surface area contributed by atoms with Crippen LogP contribution in [-0.4, -0.2) is 18.0 Å². The van der Waals surface area contributed by atoms with Crippen LogP contribution < -0.4 is 0 Å². The van der Waals surface area contributed by atoms with Crippen LogP contribution in [0.1, 0.15) is 59.8 Å². The van der Waals surface area contributed by atoms with Crippen molar-refractivity contribution in [2.24, 2.45) is 5.92 Å². The van der Waals surface area contributed by atoms with E-state index in [4.69, 9.17) is 11.6 Å². The Bertz CT molecular complexity index is 337. The zero-order valence-electron chi connectivity index (χ0n) is 13.5. The Morgan fingerprint density at radius 3 is 2.55 bits per heavy atom. The molecule has 0 aromatic heterocycles. The van der Waals surface area contributed by atoms with Crippen molar-refractivity contribution in [2.45, 2.75) is 64.7 Å². The van der Waals surface area contributed by atoms with E-state index in [0.29, 0.717) is 5.92 Å². The van der Waals surface area contributed by atoms with Gasteiger partial charge in [0.05, 0.1) is 7.11 Å². The Morgan fingerprint density at radius 2 is 2.00 bits per heavy atom. The monoisotopic (exact) mass is 300 g/mol. The van der Waals surface area contributed by atoms with E-state index in [9.17, 15) is 4.79 Å². The number of halogens is 1. The molecule has 0 N–H and O–H groups in total. The van der Waals surface area contributed by atoms with Crippen LogP contribution in [0.15, 0.2) is 23.8 Å². The van der Waals surface area contributed by atoms with E-state index < -0.39 is 0 Å². The topological polar surface area (TPSA) is 26.3 Å². The van der Waals surface area contributed by atoms with E-state index in [1.165, 1.54) is 32.4 Å². The number of rotatable bonds is 9. The molecule has 0 saturated carbocycles. The van der Waals surface area contributed by atoms with Crippen LogP contribution in [0.5, 0.6) is 0 Å². The third-order valence-electron chi connectivity index (χ3n) is 3.22. The molecule has 0 bridgehead atoms. The van der Waals surface area contributed by atoms with E-state index in [0.717, 1.165) is 18.4 Å². The van der Waals surface area contributed by atoms with Gasteiger partial charge >= 0.3 is 5.97 Å². The third kappa shape index (κ3) is 12.3. The summed E-state index contributed by atoms with van der Waals surface area (Å²) in [6, 6.07) is 0. The fraction of sp³-hybridized carbons (Fsp3) is 0.706. The quantitative estimate of drug-likeness (QED) is 0.251. The van der Waals surface area contributed by atoms with Crippen molar-refractivity contribution >= 4 is 17.6 Å². The van der Waals surface area contributed by atoms with Crippen molar-refractivity contribution in [2.75, 3.05) is 7.11 Å². The second kappa shape index (κ2) is 10.0. The maximum Gasteiger partial charge on any atom is 0.330 e. The molecule has 2 nitrogen and oxygen atoms in total. The minimum Gasteiger partial charge on any atom is -0.466 e. The fourth-order valence-electron chi connectivity index (χ4n) is 1.96. The molecular weight excluding hydrogens is 272 g/mol. The summed E-state index contributed by atoms with van der Waals surface area (Å²) in [5.74, 6) is 0.410. The van der Waals surface area contributed by atoms with E-state index in [1.807, 2.05) is 13.0 Å². The third-order valence-corrected chi connectivity index (χ3v) is 3.41. The van der Waals surface area contributed by atoms with Gasteiger partial charge in [-0.25, -0.2) is 4.79 Å². The molecule has 0 heterocycles. The van der Waals surface area contributed by atoms with Crippen molar-refractivity contribution in [3.8, 4) is 0 Å². The number of alkyl halides is 1. The number of carbonyl (C=O) groups excluding carboxylic acids is 1. The average Bonchev–Trinajstić information content (AvgIpc) is 2.33. The van der Waals surface area contributed by atoms with E-state index in [1.54, 1.807) is 0 Å². The molecule has 0 aliphatic rings. The second-order valence-corrected chi connectivity index (χ2v) is 7.13. The predicted octanol–water partition coefficient (Wildman–Crippen LogP) is 5.27. The molecule has 0 amide bonds. The van der Waals surface area contributed by atoms with Gasteiger partial charge in [-0.3, -0.25) is 0 Å². The minimum absolute atomic E-state index is 0.0740. The molecule has 0 fully saturated rings. The molecule has 0 aromatic carbocycles. The van der Waals surface area contributed by atoms with Crippen LogP contribution in [-0.2, 0) is 9.53 Å². The molecule has 0 saturated heterocycles. The first-order chi connectivity index (χ1) is 9.24. The SMILES string of the molecule is COC(=O)/C=C(C)/C=C/CCC(C)CCCC(C)(C)Cl. The number of carbonyl (C=O) groups is 1. The highest BCUT2D eigenvalue weighted by molar-refractivity contribution is 6.23. The van der Waals surface area contributed by atoms with Gasteiger partial charge in [0, 0.05) is 11.0 Å². The Kier molecular flexibility index (Phi) is 9.66. The molecule has 0 aliphatic carbocycles. The molecule has 3 heteroatoms. The zero-order chi connectivity index (χ0) is 15.6. The number of ether oxygens (including phenoxy) is 1. The minimum atomic E-state index is -0.302. The van der Waals surface area contributed by atoms with Crippen molar-refractivity contribution in [3.05, 3.63) is 23.8 Å². The van der Waals surface area contributed by atoms with Crippen LogP contribution in [0.3, 0.4) is 0 Å². The van der Waals surface area contributed by atoms with Gasteiger partial charge in [0.15, 0.2) is 0 Å². The first kappa shape index (κ1) is 19.2. The van der Waals surface area contributed by atoms with Gasteiger partial charge in [-0.2, -0.15) is 0 Å². The summed E-state index contributed by atoms with van der Waals surface area (Å²) >= 11 is 6.18. The first-order valence-electron chi connectivity index (χ1n) is 7.36. The number of hydrogen-bond acceptors (Lipinski definition) is 2. The Labute approximate surface area is 129 Å². The normalized spacial score (nSPS) is 14.6. The lowest BCUT2D eigenvalue weighted by Gasteiger charge is -2.16. The second-order valence-electron chi connectivity index (χ2n) is 6.11. The molecular formula is C17H29ClO2. The van der Waals surface area contributed by atoms with Crippen molar-refractivity contribution in [3.63, 3.8) is 0 Å². The van der Waals surface area contributed by atoms with Gasteiger partial charge in [0.1, 0.15) is 0 Å². The summed E-state index contributed by atoms with van der Waals surface area (Å²) in [6.45, 7) is 8.32. The molecule has 20 heavy (non-hydrogen) atoms. The van der Waals surface area contributed by atoms with Crippen molar-refractivity contribution < 1.29 is 9.53 Å². The Hall–Kier alpha value is -0.760. The summed E-state index contributed by atoms with van der Waals surface area (Å²) in [4.78, 5) is 10.9. The van der Waals surface area contributed by atoms with E-state index in [2.05, 4.69) is 31.6 Å². The molecule has 0 spiro atoms.